The van der Waals surface area contributed by atoms with Crippen LogP contribution in [0.4, 0.5) is 11.6 Å². The summed E-state index contributed by atoms with van der Waals surface area (Å²) < 4.78 is 8.87. The number of anilines is 2. The van der Waals surface area contributed by atoms with Crippen LogP contribution in [-0.2, 0) is 11.8 Å². The van der Waals surface area contributed by atoms with E-state index in [1.165, 1.54) is 6.33 Å². The Hall–Kier alpha value is -3.55. The number of ether oxygens (including phenoxy) is 1. The summed E-state index contributed by atoms with van der Waals surface area (Å²) in [6.45, 7) is 1.87. The van der Waals surface area contributed by atoms with Gasteiger partial charge in [0.15, 0.2) is 0 Å². The van der Waals surface area contributed by atoms with E-state index >= 15 is 0 Å². The van der Waals surface area contributed by atoms with Gasteiger partial charge in [-0.3, -0.25) is 4.79 Å². The van der Waals surface area contributed by atoms with Crippen molar-refractivity contribution < 1.29 is 9.53 Å². The summed E-state index contributed by atoms with van der Waals surface area (Å²) in [6.07, 6.45) is 3.43. The second-order valence-electron chi connectivity index (χ2n) is 6.32. The van der Waals surface area contributed by atoms with Crippen molar-refractivity contribution in [3.05, 3.63) is 65.9 Å². The lowest BCUT2D eigenvalue weighted by molar-refractivity contribution is -0.113. The summed E-state index contributed by atoms with van der Waals surface area (Å²) in [5.41, 5.74) is 2.97. The van der Waals surface area contributed by atoms with Crippen molar-refractivity contribution in [2.45, 2.75) is 13.0 Å². The monoisotopic (exact) mass is 364 g/mol. The number of aryl methyl sites for hydroxylation is 1. The maximum Gasteiger partial charge on any atom is 0.255 e. The zero-order valence-corrected chi connectivity index (χ0v) is 15.3. The van der Waals surface area contributed by atoms with Gasteiger partial charge in [0, 0.05) is 30.3 Å². The third-order valence-electron chi connectivity index (χ3n) is 4.65. The Kier molecular flexibility index (Phi) is 4.15. The van der Waals surface area contributed by atoms with Gasteiger partial charge in [-0.1, -0.05) is 0 Å². The van der Waals surface area contributed by atoms with Crippen molar-refractivity contribution in [2.75, 3.05) is 17.7 Å². The Bertz CT molecular complexity index is 1020. The number of hydrogen-bond donors (Lipinski definition) is 2. The fraction of sp³-hybridized carbons (Fsp3) is 0.211. The quantitative estimate of drug-likeness (QED) is 0.743. The number of nitrogens with one attached hydrogen (secondary N) is 2. The zero-order chi connectivity index (χ0) is 19.0. The lowest BCUT2D eigenvalue weighted by Crippen LogP contribution is -2.32. The molecule has 0 saturated carbocycles. The third-order valence-corrected chi connectivity index (χ3v) is 4.65. The lowest BCUT2D eigenvalue weighted by Gasteiger charge is -2.28. The maximum atomic E-state index is 13.2. The van der Waals surface area contributed by atoms with Crippen LogP contribution in [0, 0.1) is 0 Å². The highest BCUT2D eigenvalue weighted by Crippen LogP contribution is 2.35. The van der Waals surface area contributed by atoms with Crippen LogP contribution in [-0.4, -0.2) is 32.3 Å². The molecular weight excluding hydrogens is 344 g/mol. The van der Waals surface area contributed by atoms with Gasteiger partial charge in [-0.2, -0.15) is 10.1 Å². The topological polar surface area (TPSA) is 86.0 Å². The number of allylic oxidation sites excluding steroid dienone is 1. The predicted octanol–water partition coefficient (Wildman–Crippen LogP) is 2.55. The molecule has 0 spiro atoms. The molecule has 8 nitrogen and oxygen atoms in total. The van der Waals surface area contributed by atoms with Gasteiger partial charge in [0.1, 0.15) is 18.1 Å². The second kappa shape index (κ2) is 6.64. The highest BCUT2D eigenvalue weighted by atomic mass is 16.5. The predicted molar refractivity (Wildman–Crippen MR) is 102 cm³/mol. The van der Waals surface area contributed by atoms with Gasteiger partial charge in [-0.05, 0) is 43.3 Å². The summed E-state index contributed by atoms with van der Waals surface area (Å²) >= 11 is 0. The van der Waals surface area contributed by atoms with Crippen LogP contribution >= 0.6 is 0 Å². The largest absolute Gasteiger partial charge is 0.497 e. The summed E-state index contributed by atoms with van der Waals surface area (Å²) in [6, 6.07) is 10.8. The molecule has 0 fully saturated rings. The average molecular weight is 364 g/mol. The summed E-state index contributed by atoms with van der Waals surface area (Å²) in [7, 11) is 3.55. The first-order valence-corrected chi connectivity index (χ1v) is 8.52. The number of carbonyl (C=O) groups is 1. The van der Waals surface area contributed by atoms with Gasteiger partial charge in [0.2, 0.25) is 5.95 Å². The van der Waals surface area contributed by atoms with Crippen molar-refractivity contribution in [3.8, 4) is 5.75 Å². The standard InChI is InChI=1S/C19H20N6O2/c1-12-16(18(26)23-13-6-8-14(27-3)9-7-13)17(15-5-4-10-24(15)2)25-19(22-12)20-11-21-25/h4-11,17H,1-3H3,(H,23,26)(H,20,21,22)/t17-/m0/s1. The van der Waals surface area contributed by atoms with Crippen molar-refractivity contribution in [1.29, 1.82) is 0 Å². The lowest BCUT2D eigenvalue weighted by atomic mass is 9.99. The van der Waals surface area contributed by atoms with Gasteiger partial charge in [-0.15, -0.1) is 0 Å². The zero-order valence-electron chi connectivity index (χ0n) is 15.3. The first-order chi connectivity index (χ1) is 13.1. The number of nitrogens with zero attached hydrogens (tertiary/aromatic N) is 4. The summed E-state index contributed by atoms with van der Waals surface area (Å²) in [5, 5.41) is 10.5. The van der Waals surface area contributed by atoms with E-state index in [0.717, 1.165) is 17.1 Å². The van der Waals surface area contributed by atoms with Gasteiger partial charge >= 0.3 is 0 Å². The maximum absolute atomic E-state index is 13.2. The molecule has 0 bridgehead atoms. The number of fused-ring (bicyclic) bond motifs is 1. The fourth-order valence-corrected chi connectivity index (χ4v) is 3.29. The normalized spacial score (nSPS) is 15.9. The molecule has 0 radical (unpaired) electrons. The van der Waals surface area contributed by atoms with E-state index in [4.69, 9.17) is 4.74 Å². The van der Waals surface area contributed by atoms with E-state index in [2.05, 4.69) is 20.7 Å². The van der Waals surface area contributed by atoms with Gasteiger partial charge in [0.05, 0.1) is 12.7 Å². The molecule has 8 heteroatoms. The van der Waals surface area contributed by atoms with Crippen LogP contribution in [0.1, 0.15) is 18.7 Å². The smallest absolute Gasteiger partial charge is 0.255 e. The summed E-state index contributed by atoms with van der Waals surface area (Å²) in [4.78, 5) is 17.4. The number of hydrogen-bond acceptors (Lipinski definition) is 5. The number of benzene rings is 1. The number of rotatable bonds is 4. The second-order valence-corrected chi connectivity index (χ2v) is 6.32. The van der Waals surface area contributed by atoms with Crippen LogP contribution in [0.5, 0.6) is 5.75 Å². The molecule has 1 aliphatic heterocycles. The van der Waals surface area contributed by atoms with Crippen molar-refractivity contribution >= 4 is 17.5 Å². The number of carbonyl (C=O) groups excluding carboxylic acids is 1. The van der Waals surface area contributed by atoms with E-state index in [-0.39, 0.29) is 11.9 Å². The van der Waals surface area contributed by atoms with Crippen molar-refractivity contribution in [3.63, 3.8) is 0 Å². The highest BCUT2D eigenvalue weighted by molar-refractivity contribution is 6.05. The van der Waals surface area contributed by atoms with Crippen LogP contribution in [0.25, 0.3) is 0 Å². The SMILES string of the molecule is COc1ccc(NC(=O)C2=C(C)Nc3ncnn3[C@H]2c2cccn2C)cc1. The van der Waals surface area contributed by atoms with E-state index in [9.17, 15) is 4.79 Å². The van der Waals surface area contributed by atoms with E-state index in [0.29, 0.717) is 17.2 Å². The van der Waals surface area contributed by atoms with Crippen LogP contribution in [0.15, 0.2) is 60.2 Å². The molecule has 4 rings (SSSR count). The van der Waals surface area contributed by atoms with Crippen LogP contribution < -0.4 is 15.4 Å². The molecule has 0 unspecified atom stereocenters. The minimum absolute atomic E-state index is 0.197. The van der Waals surface area contributed by atoms with Crippen molar-refractivity contribution in [2.24, 2.45) is 7.05 Å². The first-order valence-electron chi connectivity index (χ1n) is 8.52. The van der Waals surface area contributed by atoms with Gasteiger partial charge in [0.25, 0.3) is 5.91 Å². The number of amides is 1. The Morgan fingerprint density at radius 3 is 2.70 bits per heavy atom. The molecule has 2 N–H and O–H groups in total. The van der Waals surface area contributed by atoms with E-state index in [1.54, 1.807) is 36.1 Å². The fourth-order valence-electron chi connectivity index (χ4n) is 3.29. The molecule has 138 valence electrons. The molecule has 1 amide bonds. The molecule has 0 saturated heterocycles. The molecule has 27 heavy (non-hydrogen) atoms. The molecule has 1 aromatic carbocycles. The minimum Gasteiger partial charge on any atom is -0.497 e. The Labute approximate surface area is 156 Å². The van der Waals surface area contributed by atoms with Crippen LogP contribution in [0.2, 0.25) is 0 Å². The highest BCUT2D eigenvalue weighted by Gasteiger charge is 2.34. The van der Waals surface area contributed by atoms with Crippen LogP contribution in [0.3, 0.4) is 0 Å². The molecule has 3 aromatic rings. The molecule has 1 atom stereocenters. The third kappa shape index (κ3) is 2.95. The molecule has 1 aliphatic rings. The van der Waals surface area contributed by atoms with E-state index < -0.39 is 0 Å². The molecular formula is C19H20N6O2. The average Bonchev–Trinajstić information content (AvgIpc) is 3.29. The van der Waals surface area contributed by atoms with Gasteiger partial charge in [-0.25, -0.2) is 4.68 Å². The Morgan fingerprint density at radius 2 is 2.04 bits per heavy atom. The van der Waals surface area contributed by atoms with Gasteiger partial charge < -0.3 is 19.9 Å². The minimum atomic E-state index is -0.373. The summed E-state index contributed by atoms with van der Waals surface area (Å²) in [5.74, 6) is 1.15. The molecule has 2 aromatic heterocycles. The first kappa shape index (κ1) is 16.9. The molecule has 3 heterocycles. The van der Waals surface area contributed by atoms with Crippen molar-refractivity contribution in [1.82, 2.24) is 19.3 Å². The number of aromatic nitrogens is 4. The Balaban J connectivity index is 1.72. The Morgan fingerprint density at radius 1 is 1.26 bits per heavy atom. The number of methoxy groups -OCH3 is 1. The molecule has 0 aliphatic carbocycles. The van der Waals surface area contributed by atoms with E-state index in [1.807, 2.05) is 36.9 Å².